The highest BCUT2D eigenvalue weighted by molar-refractivity contribution is 7.92. The summed E-state index contributed by atoms with van der Waals surface area (Å²) in [7, 11) is -3.47. The van der Waals surface area contributed by atoms with Crippen LogP contribution in [0.5, 0.6) is 5.75 Å². The fourth-order valence-electron chi connectivity index (χ4n) is 2.95. The van der Waals surface area contributed by atoms with E-state index in [1.165, 1.54) is 6.07 Å². The number of anilines is 1. The van der Waals surface area contributed by atoms with Gasteiger partial charge in [-0.1, -0.05) is 24.6 Å². The number of nitrogens with one attached hydrogen (secondary N) is 2. The van der Waals surface area contributed by atoms with E-state index in [4.69, 9.17) is 20.8 Å². The van der Waals surface area contributed by atoms with E-state index in [-0.39, 0.29) is 17.3 Å². The van der Waals surface area contributed by atoms with E-state index in [2.05, 4.69) is 15.0 Å². The third-order valence-corrected chi connectivity index (χ3v) is 5.48. The molecule has 0 saturated heterocycles. The Balaban J connectivity index is 1.44. The van der Waals surface area contributed by atoms with Crippen LogP contribution in [-0.2, 0) is 16.4 Å². The van der Waals surface area contributed by atoms with Crippen LogP contribution in [0.4, 0.5) is 5.69 Å². The first-order valence-corrected chi connectivity index (χ1v) is 12.4. The predicted octanol–water partition coefficient (Wildman–Crippen LogP) is 3.63. The summed E-state index contributed by atoms with van der Waals surface area (Å²) < 4.78 is 36.3. The van der Waals surface area contributed by atoms with E-state index >= 15 is 0 Å². The first-order valence-electron chi connectivity index (χ1n) is 10.1. The molecule has 0 aliphatic rings. The molecule has 8 nitrogen and oxygen atoms in total. The molecule has 0 aliphatic heterocycles. The molecular formula is C22H26ClN3O5S. The number of sulfonamides is 1. The Morgan fingerprint density at radius 3 is 2.62 bits per heavy atom. The van der Waals surface area contributed by atoms with Gasteiger partial charge in [0.15, 0.2) is 5.89 Å². The molecule has 1 aromatic heterocycles. The van der Waals surface area contributed by atoms with Crippen molar-refractivity contribution in [3.05, 3.63) is 65.2 Å². The molecule has 10 heteroatoms. The maximum Gasteiger partial charge on any atom is 0.229 e. The number of rotatable bonds is 11. The van der Waals surface area contributed by atoms with Crippen molar-refractivity contribution in [1.82, 2.24) is 10.3 Å². The molecule has 0 unspecified atom stereocenters. The Morgan fingerprint density at radius 2 is 1.97 bits per heavy atom. The van der Waals surface area contributed by atoms with Crippen molar-refractivity contribution < 1.29 is 22.7 Å². The van der Waals surface area contributed by atoms with Gasteiger partial charge >= 0.3 is 0 Å². The minimum atomic E-state index is -3.47. The summed E-state index contributed by atoms with van der Waals surface area (Å²) in [5.74, 6) is 1.43. The van der Waals surface area contributed by atoms with Crippen LogP contribution in [0.2, 0.25) is 5.02 Å². The summed E-state index contributed by atoms with van der Waals surface area (Å²) >= 11 is 6.01. The van der Waals surface area contributed by atoms with Crippen molar-refractivity contribution in [3.63, 3.8) is 0 Å². The Bertz CT molecular complexity index is 1130. The number of aliphatic hydroxyl groups is 1. The van der Waals surface area contributed by atoms with E-state index in [1.807, 2.05) is 31.2 Å². The summed E-state index contributed by atoms with van der Waals surface area (Å²) in [6.07, 6.45) is 2.60. The molecule has 0 bridgehead atoms. The van der Waals surface area contributed by atoms with Crippen LogP contribution in [0.3, 0.4) is 0 Å². The Morgan fingerprint density at radius 1 is 1.22 bits per heavy atom. The highest BCUT2D eigenvalue weighted by Gasteiger charge is 2.12. The first-order chi connectivity index (χ1) is 15.2. The molecule has 0 fully saturated rings. The molecule has 3 rings (SSSR count). The lowest BCUT2D eigenvalue weighted by molar-refractivity contribution is 0.172. The van der Waals surface area contributed by atoms with Crippen LogP contribution in [0.1, 0.15) is 24.5 Å². The van der Waals surface area contributed by atoms with Gasteiger partial charge in [0.05, 0.1) is 23.1 Å². The molecular weight excluding hydrogens is 454 g/mol. The van der Waals surface area contributed by atoms with Gasteiger partial charge in [-0.2, -0.15) is 0 Å². The first kappa shape index (κ1) is 24.1. The number of halogens is 1. The number of nitrogens with zero attached hydrogens (tertiary/aromatic N) is 1. The zero-order valence-corrected chi connectivity index (χ0v) is 19.4. The average molecular weight is 480 g/mol. The van der Waals surface area contributed by atoms with Gasteiger partial charge in [0, 0.05) is 25.1 Å². The minimum Gasteiger partial charge on any atom is -0.492 e. The maximum absolute atomic E-state index is 11.4. The SMILES string of the molecule is CCc1nc(-c2ccc(OCCNC[C@@H](O)c3ccc(Cl)c(NS(C)(=O)=O)c3)cc2)co1. The smallest absolute Gasteiger partial charge is 0.229 e. The van der Waals surface area contributed by atoms with Crippen LogP contribution in [-0.4, -0.2) is 44.5 Å². The number of aryl methyl sites for hydroxylation is 1. The second kappa shape index (κ2) is 10.8. The van der Waals surface area contributed by atoms with Gasteiger partial charge in [0.2, 0.25) is 10.0 Å². The van der Waals surface area contributed by atoms with Gasteiger partial charge in [-0.15, -0.1) is 0 Å². The van der Waals surface area contributed by atoms with E-state index in [0.717, 1.165) is 29.7 Å². The van der Waals surface area contributed by atoms with Crippen molar-refractivity contribution >= 4 is 27.3 Å². The zero-order chi connectivity index (χ0) is 23.1. The van der Waals surface area contributed by atoms with Crippen LogP contribution in [0.25, 0.3) is 11.3 Å². The quantitative estimate of drug-likeness (QED) is 0.360. The molecule has 1 atom stereocenters. The Kier molecular flexibility index (Phi) is 8.14. The predicted molar refractivity (Wildman–Crippen MR) is 125 cm³/mol. The van der Waals surface area contributed by atoms with Gasteiger partial charge in [0.25, 0.3) is 0 Å². The van der Waals surface area contributed by atoms with Crippen LogP contribution in [0, 0.1) is 0 Å². The molecule has 172 valence electrons. The monoisotopic (exact) mass is 479 g/mol. The molecule has 32 heavy (non-hydrogen) atoms. The summed E-state index contributed by atoms with van der Waals surface area (Å²) in [5.41, 5.74) is 2.52. The third kappa shape index (κ3) is 6.96. The largest absolute Gasteiger partial charge is 0.492 e. The Labute approximate surface area is 192 Å². The van der Waals surface area contributed by atoms with E-state index in [1.54, 1.807) is 18.4 Å². The third-order valence-electron chi connectivity index (χ3n) is 4.56. The topological polar surface area (TPSA) is 114 Å². The number of ether oxygens (including phenoxy) is 1. The highest BCUT2D eigenvalue weighted by atomic mass is 35.5. The molecule has 2 aromatic carbocycles. The second-order valence-corrected chi connectivity index (χ2v) is 9.34. The van der Waals surface area contributed by atoms with E-state index in [9.17, 15) is 13.5 Å². The van der Waals surface area contributed by atoms with Gasteiger partial charge in [-0.25, -0.2) is 13.4 Å². The van der Waals surface area contributed by atoms with Crippen LogP contribution < -0.4 is 14.8 Å². The van der Waals surface area contributed by atoms with Gasteiger partial charge in [-0.05, 0) is 42.0 Å². The lowest BCUT2D eigenvalue weighted by Crippen LogP contribution is -2.26. The van der Waals surface area contributed by atoms with Crippen molar-refractivity contribution in [2.24, 2.45) is 0 Å². The number of aromatic nitrogens is 1. The zero-order valence-electron chi connectivity index (χ0n) is 17.8. The molecule has 0 saturated carbocycles. The number of hydrogen-bond donors (Lipinski definition) is 3. The van der Waals surface area contributed by atoms with Crippen molar-refractivity contribution in [2.45, 2.75) is 19.4 Å². The number of hydrogen-bond acceptors (Lipinski definition) is 7. The molecule has 0 aliphatic carbocycles. The minimum absolute atomic E-state index is 0.231. The van der Waals surface area contributed by atoms with Crippen LogP contribution in [0.15, 0.2) is 53.1 Å². The second-order valence-electron chi connectivity index (χ2n) is 7.19. The summed E-state index contributed by atoms with van der Waals surface area (Å²) in [4.78, 5) is 4.40. The number of oxazole rings is 1. The van der Waals surface area contributed by atoms with Gasteiger partial charge in [0.1, 0.15) is 24.3 Å². The standard InChI is InChI=1S/C22H26ClN3O5S/c1-3-22-25-20(14-31-22)15-4-7-17(8-5-15)30-11-10-24-13-21(27)16-6-9-18(23)19(12-16)26-32(2,28)29/h4-9,12,14,21,24,26-27H,3,10-11,13H2,1-2H3/t21-/m1/s1. The normalized spacial score (nSPS) is 12.5. The molecule has 1 heterocycles. The lowest BCUT2D eigenvalue weighted by Gasteiger charge is -2.15. The van der Waals surface area contributed by atoms with Crippen LogP contribution >= 0.6 is 11.6 Å². The Hall–Kier alpha value is -2.59. The summed E-state index contributed by atoms with van der Waals surface area (Å²) in [6, 6.07) is 12.3. The number of benzene rings is 2. The fourth-order valence-corrected chi connectivity index (χ4v) is 3.74. The van der Waals surface area contributed by atoms with Crippen molar-refractivity contribution in [1.29, 1.82) is 0 Å². The summed E-state index contributed by atoms with van der Waals surface area (Å²) in [6.45, 7) is 3.19. The average Bonchev–Trinajstić information content (AvgIpc) is 3.24. The summed E-state index contributed by atoms with van der Waals surface area (Å²) in [5, 5.41) is 13.7. The van der Waals surface area contributed by atoms with Crippen molar-refractivity contribution in [3.8, 4) is 17.0 Å². The molecule has 3 N–H and O–H groups in total. The van der Waals surface area contributed by atoms with Gasteiger partial charge in [-0.3, -0.25) is 4.72 Å². The molecule has 0 radical (unpaired) electrons. The lowest BCUT2D eigenvalue weighted by atomic mass is 10.1. The fraction of sp³-hybridized carbons (Fsp3) is 0.318. The van der Waals surface area contributed by atoms with Gasteiger partial charge < -0.3 is 19.6 Å². The number of aliphatic hydroxyl groups excluding tert-OH is 1. The molecule has 3 aromatic rings. The van der Waals surface area contributed by atoms with E-state index < -0.39 is 16.1 Å². The van der Waals surface area contributed by atoms with Crippen molar-refractivity contribution in [2.75, 3.05) is 30.7 Å². The molecule has 0 spiro atoms. The van der Waals surface area contributed by atoms with E-state index in [0.29, 0.717) is 24.6 Å². The highest BCUT2D eigenvalue weighted by Crippen LogP contribution is 2.26. The maximum atomic E-state index is 11.4. The molecule has 0 amide bonds.